The molecule has 0 aromatic heterocycles. The third-order valence-corrected chi connectivity index (χ3v) is 13.0. The lowest BCUT2D eigenvalue weighted by atomic mass is 10.3. The molecule has 0 aliphatic carbocycles. The average molecular weight is 286 g/mol. The maximum Gasteiger partial charge on any atom is 0.154 e. The van der Waals surface area contributed by atoms with Crippen molar-refractivity contribution in [3.05, 3.63) is 0 Å². The molecule has 0 amide bonds. The predicted molar refractivity (Wildman–Crippen MR) is 68.9 cm³/mol. The smallest absolute Gasteiger partial charge is 0.154 e. The van der Waals surface area contributed by atoms with Crippen LogP contribution in [0.25, 0.3) is 0 Å². The Morgan fingerprint density at radius 2 is 2.27 bits per heavy atom. The lowest BCUT2D eigenvalue weighted by Crippen LogP contribution is -2.16. The number of hydrogen-bond donors (Lipinski definition) is 0. The minimum Gasteiger partial charge on any atom is -0.336 e. The second kappa shape index (κ2) is 3.98. The molecular weight excluding hydrogens is 271 g/mol. The molecule has 0 aromatic carbocycles. The summed E-state index contributed by atoms with van der Waals surface area (Å²) in [6, 6.07) is 0. The number of rotatable bonds is 2. The Morgan fingerprint density at radius 3 is 2.80 bits per heavy atom. The van der Waals surface area contributed by atoms with Crippen LogP contribution in [0.2, 0.25) is 0 Å². The van der Waals surface area contributed by atoms with Crippen molar-refractivity contribution in [2.45, 2.75) is 37.3 Å². The molecule has 2 heterocycles. The van der Waals surface area contributed by atoms with Gasteiger partial charge in [0.15, 0.2) is 9.84 Å². The van der Waals surface area contributed by atoms with Gasteiger partial charge in [-0.15, -0.1) is 0 Å². The molecule has 7 heteroatoms. The first-order valence-electron chi connectivity index (χ1n) is 5.03. The van der Waals surface area contributed by atoms with Gasteiger partial charge in [-0.05, 0) is 6.42 Å². The van der Waals surface area contributed by atoms with Crippen molar-refractivity contribution in [2.24, 2.45) is 0 Å². The third kappa shape index (κ3) is 2.29. The predicted octanol–water partition coefficient (Wildman–Crippen LogP) is 2.02. The molecule has 0 bridgehead atoms. The highest BCUT2D eigenvalue weighted by molar-refractivity contribution is 8.70. The van der Waals surface area contributed by atoms with Gasteiger partial charge in [0.1, 0.15) is 5.47 Å². The molecule has 15 heavy (non-hydrogen) atoms. The van der Waals surface area contributed by atoms with Crippen LogP contribution in [0, 0.1) is 0 Å². The minimum atomic E-state index is -2.86. The molecule has 2 rings (SSSR count). The van der Waals surface area contributed by atoms with Gasteiger partial charge in [-0.1, -0.05) is 37.0 Å². The molecule has 0 spiro atoms. The first-order valence-corrected chi connectivity index (χ1v) is 11.1. The third-order valence-electron chi connectivity index (χ3n) is 2.95. The van der Waals surface area contributed by atoms with Gasteiger partial charge in [-0.25, -0.2) is 8.42 Å². The molecule has 0 N–H and O–H groups in total. The monoisotopic (exact) mass is 286 g/mol. The number of sulfone groups is 1. The fraction of sp³-hybridized carbons (Fsp3) is 1.00. The average Bonchev–Trinajstić information content (AvgIpc) is 2.53. The summed E-state index contributed by atoms with van der Waals surface area (Å²) >= 11 is 7.22. The highest BCUT2D eigenvalue weighted by Crippen LogP contribution is 2.72. The summed E-state index contributed by atoms with van der Waals surface area (Å²) in [6.45, 7) is 4.22. The Bertz CT molecular complexity index is 381. The molecule has 3 nitrogen and oxygen atoms in total. The van der Waals surface area contributed by atoms with E-state index < -0.39 is 15.3 Å². The summed E-state index contributed by atoms with van der Waals surface area (Å²) in [6.07, 6.45) is 0.885. The van der Waals surface area contributed by atoms with Gasteiger partial charge < -0.3 is 4.52 Å². The van der Waals surface area contributed by atoms with E-state index in [0.717, 1.165) is 6.42 Å². The normalized spacial score (nSPS) is 45.2. The molecule has 2 aliphatic heterocycles. The van der Waals surface area contributed by atoms with Gasteiger partial charge in [0.25, 0.3) is 0 Å². The van der Waals surface area contributed by atoms with Crippen LogP contribution in [0.5, 0.6) is 0 Å². The van der Waals surface area contributed by atoms with Crippen LogP contribution in [0.15, 0.2) is 0 Å². The van der Waals surface area contributed by atoms with E-state index in [1.54, 1.807) is 11.4 Å². The number of hydrogen-bond acceptors (Lipinski definition) is 5. The van der Waals surface area contributed by atoms with Crippen molar-refractivity contribution in [3.63, 3.8) is 0 Å². The molecule has 2 aliphatic rings. The minimum absolute atomic E-state index is 0.106. The molecule has 0 radical (unpaired) electrons. The highest BCUT2D eigenvalue weighted by Gasteiger charge is 2.50. The second-order valence-electron chi connectivity index (χ2n) is 4.16. The van der Waals surface area contributed by atoms with Crippen LogP contribution < -0.4 is 0 Å². The van der Waals surface area contributed by atoms with Gasteiger partial charge >= 0.3 is 0 Å². The molecule has 2 saturated heterocycles. The van der Waals surface area contributed by atoms with E-state index in [-0.39, 0.29) is 22.9 Å². The lowest BCUT2D eigenvalue weighted by molar-refractivity contribution is 0.272. The Labute approximate surface area is 100 Å². The van der Waals surface area contributed by atoms with Crippen LogP contribution >= 0.6 is 16.8 Å². The standard InChI is InChI=1S/C8H15O3PS3/c1-3-6(2)12(13)11-7-4-15(9,10)5-8(7)14-12/h6-8H,3-5H2,1-2H3/t6-,7+,8-,12+/m0/s1. The topological polar surface area (TPSA) is 43.4 Å². The number of fused-ring (bicyclic) bond motifs is 1. The fourth-order valence-electron chi connectivity index (χ4n) is 1.81. The zero-order chi connectivity index (χ0) is 11.3. The van der Waals surface area contributed by atoms with E-state index in [4.69, 9.17) is 16.3 Å². The first-order chi connectivity index (χ1) is 6.86. The van der Waals surface area contributed by atoms with E-state index in [1.807, 2.05) is 0 Å². The Kier molecular flexibility index (Phi) is 3.29. The molecule has 88 valence electrons. The van der Waals surface area contributed by atoms with Crippen LogP contribution in [0.3, 0.4) is 0 Å². The highest BCUT2D eigenvalue weighted by atomic mass is 32.9. The van der Waals surface area contributed by atoms with E-state index in [0.29, 0.717) is 5.66 Å². The maximum absolute atomic E-state index is 11.4. The molecule has 2 fully saturated rings. The largest absolute Gasteiger partial charge is 0.336 e. The maximum atomic E-state index is 11.4. The van der Waals surface area contributed by atoms with Crippen LogP contribution in [-0.4, -0.2) is 36.9 Å². The van der Waals surface area contributed by atoms with Gasteiger partial charge in [0.2, 0.25) is 0 Å². The summed E-state index contributed by atoms with van der Waals surface area (Å²) in [5.74, 6) is 0.441. The van der Waals surface area contributed by atoms with Crippen LogP contribution in [0.1, 0.15) is 20.3 Å². The Hall–Kier alpha value is 0.910. The van der Waals surface area contributed by atoms with Crippen molar-refractivity contribution in [1.82, 2.24) is 0 Å². The van der Waals surface area contributed by atoms with E-state index in [1.165, 1.54) is 0 Å². The van der Waals surface area contributed by atoms with Crippen LogP contribution in [0.4, 0.5) is 0 Å². The summed E-state index contributed by atoms with van der Waals surface area (Å²) < 4.78 is 28.6. The van der Waals surface area contributed by atoms with Crippen molar-refractivity contribution < 1.29 is 12.9 Å². The Balaban J connectivity index is 2.15. The molecule has 0 unspecified atom stereocenters. The zero-order valence-electron chi connectivity index (χ0n) is 8.75. The molecule has 0 saturated carbocycles. The van der Waals surface area contributed by atoms with Gasteiger partial charge in [-0.3, -0.25) is 0 Å². The summed E-state index contributed by atoms with van der Waals surface area (Å²) in [7, 11) is -2.86. The second-order valence-corrected chi connectivity index (χ2v) is 13.9. The first kappa shape index (κ1) is 12.4. The van der Waals surface area contributed by atoms with Gasteiger partial charge in [0.05, 0.1) is 22.9 Å². The van der Waals surface area contributed by atoms with Crippen molar-refractivity contribution in [2.75, 3.05) is 11.5 Å². The van der Waals surface area contributed by atoms with Gasteiger partial charge in [0, 0.05) is 5.66 Å². The van der Waals surface area contributed by atoms with Crippen molar-refractivity contribution in [3.8, 4) is 0 Å². The van der Waals surface area contributed by atoms with E-state index in [9.17, 15) is 8.42 Å². The van der Waals surface area contributed by atoms with Crippen molar-refractivity contribution in [1.29, 1.82) is 0 Å². The fourth-order valence-corrected chi connectivity index (χ4v) is 12.2. The van der Waals surface area contributed by atoms with E-state index >= 15 is 0 Å². The van der Waals surface area contributed by atoms with Gasteiger partial charge in [-0.2, -0.15) is 0 Å². The quantitative estimate of drug-likeness (QED) is 0.727. The van der Waals surface area contributed by atoms with Crippen LogP contribution in [-0.2, 0) is 26.2 Å². The SMILES string of the molecule is CC[C@H](C)[P@]1(=S)O[C@@H]2CS(=O)(=O)C[C@@H]2S1. The Morgan fingerprint density at radius 1 is 1.60 bits per heavy atom. The van der Waals surface area contributed by atoms with E-state index in [2.05, 4.69) is 13.8 Å². The summed E-state index contributed by atoms with van der Waals surface area (Å²) in [4.78, 5) is 0. The molecular formula is C8H15O3PS3. The zero-order valence-corrected chi connectivity index (χ0v) is 12.1. The molecule has 4 atom stereocenters. The molecule has 0 aromatic rings. The van der Waals surface area contributed by atoms with Crippen molar-refractivity contribution >= 4 is 38.5 Å². The summed E-state index contributed by atoms with van der Waals surface area (Å²) in [5.41, 5.74) is -1.42. The summed E-state index contributed by atoms with van der Waals surface area (Å²) in [5, 5.41) is 0.106. The lowest BCUT2D eigenvalue weighted by Gasteiger charge is -2.22.